The maximum Gasteiger partial charge on any atom is 0.314 e. The number of rotatable bonds is 5. The topological polar surface area (TPSA) is 99.9 Å². The zero-order valence-corrected chi connectivity index (χ0v) is 17.3. The molecule has 2 aliphatic rings. The van der Waals surface area contributed by atoms with Crippen molar-refractivity contribution in [2.24, 2.45) is 0 Å². The molecule has 0 bridgehead atoms. The predicted molar refractivity (Wildman–Crippen MR) is 111 cm³/mol. The van der Waals surface area contributed by atoms with E-state index in [0.717, 1.165) is 31.6 Å². The van der Waals surface area contributed by atoms with Gasteiger partial charge in [0.2, 0.25) is 0 Å². The third kappa shape index (κ3) is 4.47. The average molecular weight is 413 g/mol. The number of nitrogens with one attached hydrogen (secondary N) is 2. The van der Waals surface area contributed by atoms with E-state index in [-0.39, 0.29) is 11.9 Å². The van der Waals surface area contributed by atoms with Crippen LogP contribution in [0.1, 0.15) is 22.9 Å². The molecular formula is C21H27N5O4. The first-order valence-electron chi connectivity index (χ1n) is 10.2. The SMILES string of the molecule is Cc1cc(NC(=O)C(=O)NC[C@@H](c2ccc3c(c2)CCN3C)N2CCOCC2)no1. The van der Waals surface area contributed by atoms with Gasteiger partial charge in [-0.1, -0.05) is 17.3 Å². The molecule has 2 aliphatic heterocycles. The van der Waals surface area contributed by atoms with Crippen LogP contribution in [0.3, 0.4) is 0 Å². The van der Waals surface area contributed by atoms with Crippen LogP contribution >= 0.6 is 0 Å². The van der Waals surface area contributed by atoms with Gasteiger partial charge in [0.15, 0.2) is 5.82 Å². The Kier molecular flexibility index (Phi) is 6.01. The minimum absolute atomic E-state index is 0.0313. The van der Waals surface area contributed by atoms with Gasteiger partial charge in [-0.05, 0) is 30.5 Å². The Labute approximate surface area is 175 Å². The summed E-state index contributed by atoms with van der Waals surface area (Å²) < 4.78 is 10.4. The lowest BCUT2D eigenvalue weighted by atomic mass is 10.0. The van der Waals surface area contributed by atoms with Crippen molar-refractivity contribution in [2.45, 2.75) is 19.4 Å². The zero-order chi connectivity index (χ0) is 21.1. The maximum absolute atomic E-state index is 12.4. The molecular weight excluding hydrogens is 386 g/mol. The summed E-state index contributed by atoms with van der Waals surface area (Å²) >= 11 is 0. The third-order valence-corrected chi connectivity index (χ3v) is 5.63. The highest BCUT2D eigenvalue weighted by Crippen LogP contribution is 2.31. The molecule has 1 atom stereocenters. The number of likely N-dealkylation sites (N-methyl/N-ethyl adjacent to an activating group) is 1. The van der Waals surface area contributed by atoms with Gasteiger partial charge >= 0.3 is 11.8 Å². The van der Waals surface area contributed by atoms with Crippen molar-refractivity contribution >= 4 is 23.3 Å². The van der Waals surface area contributed by atoms with Crippen LogP contribution in [0.2, 0.25) is 0 Å². The Morgan fingerprint density at radius 1 is 1.17 bits per heavy atom. The monoisotopic (exact) mass is 413 g/mol. The van der Waals surface area contributed by atoms with Gasteiger partial charge in [0, 0.05) is 45.0 Å². The van der Waals surface area contributed by atoms with Crippen LogP contribution in [0.4, 0.5) is 11.5 Å². The highest BCUT2D eigenvalue weighted by molar-refractivity contribution is 6.39. The lowest BCUT2D eigenvalue weighted by molar-refractivity contribution is -0.136. The summed E-state index contributed by atoms with van der Waals surface area (Å²) in [5, 5.41) is 8.91. The molecule has 0 spiro atoms. The Bertz CT molecular complexity index is 922. The second-order valence-corrected chi connectivity index (χ2v) is 7.71. The number of ether oxygens (including phenoxy) is 1. The minimum Gasteiger partial charge on any atom is -0.379 e. The molecule has 0 saturated carbocycles. The van der Waals surface area contributed by atoms with Crippen LogP contribution in [0.25, 0.3) is 0 Å². The second kappa shape index (κ2) is 8.85. The van der Waals surface area contributed by atoms with Crippen molar-refractivity contribution in [1.82, 2.24) is 15.4 Å². The van der Waals surface area contributed by atoms with E-state index in [2.05, 4.69) is 50.8 Å². The van der Waals surface area contributed by atoms with Gasteiger partial charge in [-0.15, -0.1) is 0 Å². The highest BCUT2D eigenvalue weighted by atomic mass is 16.5. The first-order valence-corrected chi connectivity index (χ1v) is 10.2. The van der Waals surface area contributed by atoms with E-state index in [1.807, 2.05) is 0 Å². The van der Waals surface area contributed by atoms with Gasteiger partial charge in [0.25, 0.3) is 0 Å². The van der Waals surface area contributed by atoms with E-state index in [0.29, 0.717) is 25.5 Å². The Morgan fingerprint density at radius 3 is 2.70 bits per heavy atom. The van der Waals surface area contributed by atoms with Crippen LogP contribution in [-0.2, 0) is 20.7 Å². The molecule has 2 aromatic rings. The molecule has 0 unspecified atom stereocenters. The average Bonchev–Trinajstić information content (AvgIpc) is 3.33. The molecule has 1 aromatic carbocycles. The van der Waals surface area contributed by atoms with Crippen molar-refractivity contribution in [1.29, 1.82) is 0 Å². The number of carbonyl (C=O) groups is 2. The lowest BCUT2D eigenvalue weighted by Gasteiger charge is -2.35. The van der Waals surface area contributed by atoms with Gasteiger partial charge in [0.05, 0.1) is 19.3 Å². The molecule has 0 aliphatic carbocycles. The number of morpholine rings is 1. The van der Waals surface area contributed by atoms with Gasteiger partial charge in [0.1, 0.15) is 5.76 Å². The zero-order valence-electron chi connectivity index (χ0n) is 17.3. The van der Waals surface area contributed by atoms with Gasteiger partial charge in [-0.25, -0.2) is 0 Å². The molecule has 9 nitrogen and oxygen atoms in total. The summed E-state index contributed by atoms with van der Waals surface area (Å²) in [5.74, 6) is -0.685. The van der Waals surface area contributed by atoms with E-state index in [1.165, 1.54) is 11.3 Å². The number of hydrogen-bond acceptors (Lipinski definition) is 7. The molecule has 30 heavy (non-hydrogen) atoms. The molecule has 2 N–H and O–H groups in total. The van der Waals surface area contributed by atoms with Crippen molar-refractivity contribution < 1.29 is 18.8 Å². The third-order valence-electron chi connectivity index (χ3n) is 5.63. The fourth-order valence-corrected chi connectivity index (χ4v) is 4.01. The number of hydrogen-bond donors (Lipinski definition) is 2. The van der Waals surface area contributed by atoms with E-state index in [4.69, 9.17) is 9.26 Å². The number of nitrogens with zero attached hydrogens (tertiary/aromatic N) is 3. The number of benzene rings is 1. The lowest BCUT2D eigenvalue weighted by Crippen LogP contribution is -2.45. The first kappa shape index (κ1) is 20.4. The van der Waals surface area contributed by atoms with Crippen LogP contribution in [-0.4, -0.2) is 68.3 Å². The van der Waals surface area contributed by atoms with Crippen molar-refractivity contribution in [2.75, 3.05) is 56.7 Å². The molecule has 2 amide bonds. The summed E-state index contributed by atoms with van der Waals surface area (Å²) in [4.78, 5) is 29.1. The number of aryl methyl sites for hydroxylation is 1. The van der Waals surface area contributed by atoms with E-state index >= 15 is 0 Å². The fourth-order valence-electron chi connectivity index (χ4n) is 4.01. The maximum atomic E-state index is 12.4. The van der Waals surface area contributed by atoms with Crippen LogP contribution in [0.5, 0.6) is 0 Å². The van der Waals surface area contributed by atoms with Crippen LogP contribution < -0.4 is 15.5 Å². The summed E-state index contributed by atoms with van der Waals surface area (Å²) in [6.07, 6.45) is 1.02. The van der Waals surface area contributed by atoms with Gasteiger partial charge in [-0.3, -0.25) is 19.8 Å². The smallest absolute Gasteiger partial charge is 0.314 e. The standard InChI is InChI=1S/C21H27N5O4/c1-14-11-19(24-30-14)23-21(28)20(27)22-13-18(26-7-9-29-10-8-26)15-3-4-17-16(12-15)5-6-25(17)2/h3-4,11-12,18H,5-10,13H2,1-2H3,(H,22,27)(H,23,24,28)/t18-/m0/s1. The number of fused-ring (bicyclic) bond motifs is 1. The number of aromatic nitrogens is 1. The summed E-state index contributed by atoms with van der Waals surface area (Å²) in [7, 11) is 2.10. The fraction of sp³-hybridized carbons (Fsp3) is 0.476. The van der Waals surface area contributed by atoms with E-state index in [1.54, 1.807) is 13.0 Å². The van der Waals surface area contributed by atoms with Gasteiger partial charge < -0.3 is 19.5 Å². The molecule has 4 rings (SSSR count). The highest BCUT2D eigenvalue weighted by Gasteiger charge is 2.26. The number of anilines is 2. The van der Waals surface area contributed by atoms with E-state index < -0.39 is 11.8 Å². The first-order chi connectivity index (χ1) is 14.5. The second-order valence-electron chi connectivity index (χ2n) is 7.71. The molecule has 0 radical (unpaired) electrons. The molecule has 9 heteroatoms. The number of amides is 2. The molecule has 1 saturated heterocycles. The summed E-state index contributed by atoms with van der Waals surface area (Å²) in [5.41, 5.74) is 3.71. The normalized spacial score (nSPS) is 17.5. The Hall–Kier alpha value is -2.91. The molecule has 1 fully saturated rings. The Morgan fingerprint density at radius 2 is 1.97 bits per heavy atom. The quantitative estimate of drug-likeness (QED) is 0.708. The molecule has 160 valence electrons. The predicted octanol–water partition coefficient (Wildman–Crippen LogP) is 1.10. The van der Waals surface area contributed by atoms with Crippen molar-refractivity contribution in [3.8, 4) is 0 Å². The Balaban J connectivity index is 1.45. The van der Waals surface area contributed by atoms with Crippen molar-refractivity contribution in [3.63, 3.8) is 0 Å². The number of carbonyl (C=O) groups excluding carboxylic acids is 2. The van der Waals surface area contributed by atoms with Crippen LogP contribution in [0.15, 0.2) is 28.8 Å². The van der Waals surface area contributed by atoms with E-state index in [9.17, 15) is 9.59 Å². The summed E-state index contributed by atoms with van der Waals surface area (Å²) in [6, 6.07) is 8.01. The van der Waals surface area contributed by atoms with Crippen LogP contribution in [0, 0.1) is 6.92 Å². The molecule has 3 heterocycles. The molecule has 1 aromatic heterocycles. The van der Waals surface area contributed by atoms with Crippen molar-refractivity contribution in [3.05, 3.63) is 41.2 Å². The minimum atomic E-state index is -0.764. The van der Waals surface area contributed by atoms with Gasteiger partial charge in [-0.2, -0.15) is 0 Å². The largest absolute Gasteiger partial charge is 0.379 e. The summed E-state index contributed by atoms with van der Waals surface area (Å²) in [6.45, 7) is 5.93.